The summed E-state index contributed by atoms with van der Waals surface area (Å²) < 4.78 is 0. The van der Waals surface area contributed by atoms with Crippen LogP contribution in [0.5, 0.6) is 0 Å². The van der Waals surface area contributed by atoms with E-state index in [9.17, 15) is 15.1 Å². The van der Waals surface area contributed by atoms with Crippen LogP contribution in [-0.2, 0) is 11.3 Å². The van der Waals surface area contributed by atoms with Gasteiger partial charge < -0.3 is 32.3 Å². The molecule has 0 radical (unpaired) electrons. The second kappa shape index (κ2) is 8.95. The Morgan fingerprint density at radius 1 is 1.36 bits per heavy atom. The summed E-state index contributed by atoms with van der Waals surface area (Å²) in [5, 5.41) is 31.8. The highest BCUT2D eigenvalue weighted by Crippen LogP contribution is 2.07. The van der Waals surface area contributed by atoms with Crippen molar-refractivity contribution in [1.29, 1.82) is 0 Å². The summed E-state index contributed by atoms with van der Waals surface area (Å²) in [5.41, 5.74) is 11.2. The van der Waals surface area contributed by atoms with Gasteiger partial charge in [0.1, 0.15) is 6.04 Å². The molecule has 0 aliphatic carbocycles. The number of aliphatic carboxylic acids is 1. The molecule has 0 heterocycles. The van der Waals surface area contributed by atoms with Crippen molar-refractivity contribution >= 4 is 11.9 Å². The van der Waals surface area contributed by atoms with Crippen molar-refractivity contribution in [3.05, 3.63) is 41.1 Å². The second-order valence-corrected chi connectivity index (χ2v) is 4.71. The first-order valence-corrected chi connectivity index (χ1v) is 6.61. The van der Waals surface area contributed by atoms with Gasteiger partial charge in [-0.2, -0.15) is 0 Å². The van der Waals surface area contributed by atoms with E-state index in [0.29, 0.717) is 6.54 Å². The van der Waals surface area contributed by atoms with Crippen molar-refractivity contribution in [3.63, 3.8) is 0 Å². The highest BCUT2D eigenvalue weighted by Gasteiger charge is 2.22. The number of hydroxylamine groups is 2. The number of nitrogens with zero attached hydrogens (tertiary/aromatic N) is 2. The van der Waals surface area contributed by atoms with Crippen LogP contribution in [0.3, 0.4) is 0 Å². The maximum atomic E-state index is 11.3. The maximum absolute atomic E-state index is 11.3. The number of aliphatic imine (C=N–C) groups is 1. The van der Waals surface area contributed by atoms with E-state index in [2.05, 4.69) is 10.3 Å². The number of benzene rings is 1. The number of carboxylic acids is 1. The first-order valence-electron chi connectivity index (χ1n) is 6.61. The molecule has 9 nitrogen and oxygen atoms in total. The molecule has 122 valence electrons. The monoisotopic (exact) mass is 310 g/mol. The molecular formula is C13H20N5O4-. The van der Waals surface area contributed by atoms with Gasteiger partial charge >= 0.3 is 5.97 Å². The Bertz CT molecular complexity index is 490. The molecule has 9 heteroatoms. The third kappa shape index (κ3) is 6.50. The summed E-state index contributed by atoms with van der Waals surface area (Å²) in [6.07, 6.45) is -0.154. The zero-order valence-electron chi connectivity index (χ0n) is 11.9. The van der Waals surface area contributed by atoms with E-state index < -0.39 is 18.1 Å². The molecule has 0 saturated carbocycles. The summed E-state index contributed by atoms with van der Waals surface area (Å²) in [6, 6.07) is 7.12. The quantitative estimate of drug-likeness (QED) is 0.231. The van der Waals surface area contributed by atoms with Crippen LogP contribution >= 0.6 is 0 Å². The van der Waals surface area contributed by atoms with E-state index >= 15 is 0 Å². The second-order valence-electron chi connectivity index (χ2n) is 4.71. The lowest BCUT2D eigenvalue weighted by atomic mass is 10.1. The lowest BCUT2D eigenvalue weighted by Gasteiger charge is -2.31. The maximum Gasteiger partial charge on any atom is 0.320 e. The predicted octanol–water partition coefficient (Wildman–Crippen LogP) is -0.549. The minimum Gasteiger partial charge on any atom is -0.762 e. The molecule has 0 fully saturated rings. The van der Waals surface area contributed by atoms with Gasteiger partial charge in [0, 0.05) is 12.6 Å². The zero-order valence-corrected chi connectivity index (χ0v) is 11.9. The molecule has 0 spiro atoms. The summed E-state index contributed by atoms with van der Waals surface area (Å²) in [6.45, 7) is 0.121. The number of nitrogens with two attached hydrogens (primary N) is 2. The number of guanidine groups is 1. The van der Waals surface area contributed by atoms with E-state index in [1.54, 1.807) is 0 Å². The van der Waals surface area contributed by atoms with Gasteiger partial charge in [-0.05, 0) is 12.0 Å². The highest BCUT2D eigenvalue weighted by atomic mass is 16.8. The molecule has 1 rings (SSSR count). The summed E-state index contributed by atoms with van der Waals surface area (Å²) in [7, 11) is 0. The summed E-state index contributed by atoms with van der Waals surface area (Å²) >= 11 is 0. The molecule has 0 unspecified atom stereocenters. The smallest absolute Gasteiger partial charge is 0.320 e. The van der Waals surface area contributed by atoms with Gasteiger partial charge in [0.2, 0.25) is 0 Å². The average Bonchev–Trinajstić information content (AvgIpc) is 2.46. The van der Waals surface area contributed by atoms with Gasteiger partial charge in [0.05, 0.1) is 6.54 Å². The Balaban J connectivity index is 2.64. The fraction of sp³-hybridized carbons (Fsp3) is 0.385. The Kier molecular flexibility index (Phi) is 7.26. The first-order chi connectivity index (χ1) is 10.4. The molecule has 0 aliphatic rings. The fourth-order valence-electron chi connectivity index (χ4n) is 1.83. The van der Waals surface area contributed by atoms with Crippen molar-refractivity contribution in [1.82, 2.24) is 10.5 Å². The van der Waals surface area contributed by atoms with Crippen LogP contribution in [0.1, 0.15) is 12.0 Å². The van der Waals surface area contributed by atoms with E-state index in [0.717, 1.165) is 5.56 Å². The van der Waals surface area contributed by atoms with Gasteiger partial charge in [-0.3, -0.25) is 15.0 Å². The van der Waals surface area contributed by atoms with Crippen LogP contribution < -0.4 is 16.8 Å². The molecule has 0 aromatic heterocycles. The zero-order chi connectivity index (χ0) is 16.5. The van der Waals surface area contributed by atoms with E-state index in [-0.39, 0.29) is 24.2 Å². The molecule has 1 aromatic rings. The third-order valence-electron chi connectivity index (χ3n) is 3.00. The van der Waals surface area contributed by atoms with E-state index in [4.69, 9.17) is 16.7 Å². The van der Waals surface area contributed by atoms with Gasteiger partial charge in [-0.25, -0.2) is 0 Å². The van der Waals surface area contributed by atoms with Gasteiger partial charge in [-0.1, -0.05) is 30.3 Å². The summed E-state index contributed by atoms with van der Waals surface area (Å²) in [5.74, 6) is -1.37. The SMILES string of the molecule is NC(N)=NC[C@H](C[C@H](NCc1ccccc1)C(=O)O)N([O-])O. The predicted molar refractivity (Wildman–Crippen MR) is 80.8 cm³/mol. The van der Waals surface area contributed by atoms with E-state index in [1.807, 2.05) is 30.3 Å². The Morgan fingerprint density at radius 3 is 2.50 bits per heavy atom. The van der Waals surface area contributed by atoms with Crippen LogP contribution in [0.15, 0.2) is 35.3 Å². The molecule has 22 heavy (non-hydrogen) atoms. The Morgan fingerprint density at radius 2 is 2.00 bits per heavy atom. The molecule has 0 bridgehead atoms. The normalized spacial score (nSPS) is 13.6. The van der Waals surface area contributed by atoms with Crippen molar-refractivity contribution in [2.75, 3.05) is 6.54 Å². The topological polar surface area (TPSA) is 160 Å². The van der Waals surface area contributed by atoms with Gasteiger partial charge in [0.25, 0.3) is 0 Å². The van der Waals surface area contributed by atoms with Crippen LogP contribution in [0.4, 0.5) is 0 Å². The van der Waals surface area contributed by atoms with Gasteiger partial charge in [0.15, 0.2) is 5.96 Å². The fourth-order valence-corrected chi connectivity index (χ4v) is 1.83. The van der Waals surface area contributed by atoms with Gasteiger partial charge in [-0.15, -0.1) is 0 Å². The molecule has 0 amide bonds. The average molecular weight is 310 g/mol. The summed E-state index contributed by atoms with van der Waals surface area (Å²) in [4.78, 5) is 14.9. The molecule has 2 atom stereocenters. The molecule has 0 aliphatic heterocycles. The number of hydrogen-bond acceptors (Lipinski definition) is 6. The molecular weight excluding hydrogens is 290 g/mol. The number of carbonyl (C=O) groups is 1. The lowest BCUT2D eigenvalue weighted by molar-refractivity contribution is -0.141. The highest BCUT2D eigenvalue weighted by molar-refractivity contribution is 5.75. The van der Waals surface area contributed by atoms with Crippen LogP contribution in [0.2, 0.25) is 0 Å². The molecule has 7 N–H and O–H groups in total. The first kappa shape index (κ1) is 17.9. The lowest BCUT2D eigenvalue weighted by Crippen LogP contribution is -2.43. The standard InChI is InChI=1S/C13H20N5O4/c14-13(15)17-8-10(18(21)22)6-11(12(19)20)16-7-9-4-2-1-3-5-9/h1-5,10-11,16,21H,6-8H2,(H,19,20)(H4,14,15,17)/q-1/t10-,11-/m0/s1. The number of carboxylic acid groups (broad SMARTS) is 1. The molecule has 0 saturated heterocycles. The van der Waals surface area contributed by atoms with Crippen molar-refractivity contribution in [2.45, 2.75) is 25.0 Å². The van der Waals surface area contributed by atoms with Crippen molar-refractivity contribution < 1.29 is 15.1 Å². The minimum atomic E-state index is -1.13. The molecule has 1 aromatic carbocycles. The van der Waals surface area contributed by atoms with Crippen molar-refractivity contribution in [2.24, 2.45) is 16.5 Å². The van der Waals surface area contributed by atoms with Crippen molar-refractivity contribution in [3.8, 4) is 0 Å². The van der Waals surface area contributed by atoms with Crippen LogP contribution in [0.25, 0.3) is 0 Å². The van der Waals surface area contributed by atoms with Crippen LogP contribution in [-0.4, -0.2) is 46.1 Å². The third-order valence-corrected chi connectivity index (χ3v) is 3.00. The Hall–Kier alpha value is -2.20. The number of nitrogens with one attached hydrogen (secondary N) is 1. The number of hydrogen-bond donors (Lipinski definition) is 5. The number of rotatable bonds is 9. The Labute approximate surface area is 127 Å². The largest absolute Gasteiger partial charge is 0.762 e. The minimum absolute atomic E-state index is 0.154. The van der Waals surface area contributed by atoms with E-state index in [1.165, 1.54) is 0 Å². The van der Waals surface area contributed by atoms with Crippen LogP contribution in [0, 0.1) is 5.21 Å².